The molecule has 0 amide bonds. The predicted octanol–water partition coefficient (Wildman–Crippen LogP) is 11.3. The zero-order valence-corrected chi connectivity index (χ0v) is 40.8. The third kappa shape index (κ3) is 21.4. The molecule has 57 heavy (non-hydrogen) atoms. The highest BCUT2D eigenvalue weighted by molar-refractivity contribution is 6.37. The van der Waals surface area contributed by atoms with Gasteiger partial charge in [0.2, 0.25) is 0 Å². The summed E-state index contributed by atoms with van der Waals surface area (Å²) in [5.74, 6) is 1.37. The maximum absolute atomic E-state index is 14.4. The fraction of sp³-hybridized carbons (Fsp3) is 0.688. The second-order valence-electron chi connectivity index (χ2n) is 20.1. The quantitative estimate of drug-likeness (QED) is 0.0573. The molecule has 1 aromatic heterocycles. The second kappa shape index (κ2) is 25.9. The lowest BCUT2D eigenvalue weighted by Gasteiger charge is -2.29. The molecule has 0 saturated heterocycles. The average Bonchev–Trinajstić information content (AvgIpc) is 3.06. The summed E-state index contributed by atoms with van der Waals surface area (Å²) >= 11 is 0. The van der Waals surface area contributed by atoms with Crippen molar-refractivity contribution in [3.8, 4) is 0 Å². The SMILES string of the molecule is C=CCC(CC(CC=C)[Si]Cn1c(=O)n(C[Si]C(CC=C)CC(CC=C)CC(C)(C)C)c(=O)n(C[Si]C(CC=C)CC(CC=C)CC(C)(C)C)c1=O)CC(C)(C)C. The molecule has 6 radical (unpaired) electrons. The Morgan fingerprint density at radius 3 is 0.807 bits per heavy atom. The summed E-state index contributed by atoms with van der Waals surface area (Å²) in [4.78, 5) is 43.1. The van der Waals surface area contributed by atoms with Gasteiger partial charge in [-0.25, -0.2) is 28.1 Å². The first-order valence-electron chi connectivity index (χ1n) is 21.4. The van der Waals surface area contributed by atoms with Crippen molar-refractivity contribution in [2.45, 2.75) is 174 Å². The molecular formula is C48H81N3O3Si3. The summed E-state index contributed by atoms with van der Waals surface area (Å²) in [6.45, 7) is 44.7. The van der Waals surface area contributed by atoms with Gasteiger partial charge in [0.05, 0.1) is 28.6 Å². The zero-order valence-electron chi connectivity index (χ0n) is 37.8. The number of rotatable bonds is 30. The van der Waals surface area contributed by atoms with E-state index in [-0.39, 0.29) is 32.9 Å². The Labute approximate surface area is 356 Å². The van der Waals surface area contributed by atoms with Crippen molar-refractivity contribution in [3.63, 3.8) is 0 Å². The topological polar surface area (TPSA) is 66.0 Å². The Morgan fingerprint density at radius 2 is 0.632 bits per heavy atom. The van der Waals surface area contributed by atoms with Crippen molar-refractivity contribution in [1.29, 1.82) is 0 Å². The summed E-state index contributed by atoms with van der Waals surface area (Å²) in [5.41, 5.74) is -0.0534. The van der Waals surface area contributed by atoms with Crippen LogP contribution >= 0.6 is 0 Å². The van der Waals surface area contributed by atoms with Gasteiger partial charge in [0.25, 0.3) is 0 Å². The van der Waals surface area contributed by atoms with E-state index in [9.17, 15) is 14.4 Å². The number of hydrogen-bond donors (Lipinski definition) is 0. The summed E-state index contributed by atoms with van der Waals surface area (Å²) in [6, 6.07) is 0. The van der Waals surface area contributed by atoms with E-state index in [0.29, 0.717) is 64.8 Å². The van der Waals surface area contributed by atoms with Crippen LogP contribution in [0, 0.1) is 34.0 Å². The molecule has 0 N–H and O–H groups in total. The van der Waals surface area contributed by atoms with Crippen LogP contribution in [0.3, 0.4) is 0 Å². The van der Waals surface area contributed by atoms with Gasteiger partial charge in [-0.1, -0.05) is 98.8 Å². The molecule has 1 rings (SSSR count). The van der Waals surface area contributed by atoms with Crippen molar-refractivity contribution in [2.75, 3.05) is 0 Å². The van der Waals surface area contributed by atoms with E-state index >= 15 is 0 Å². The van der Waals surface area contributed by atoms with E-state index < -0.39 is 17.1 Å². The van der Waals surface area contributed by atoms with E-state index in [1.165, 1.54) is 13.7 Å². The molecule has 0 aliphatic heterocycles. The minimum atomic E-state index is -0.479. The number of allylic oxidation sites excluding steroid dienone is 6. The Hall–Kier alpha value is -2.50. The van der Waals surface area contributed by atoms with Crippen molar-refractivity contribution in [1.82, 2.24) is 13.7 Å². The molecular weight excluding hydrogens is 751 g/mol. The highest BCUT2D eigenvalue weighted by Crippen LogP contribution is 2.36. The second-order valence-corrected chi connectivity index (χ2v) is 24.7. The number of nitrogens with zero attached hydrogens (tertiary/aromatic N) is 3. The largest absolute Gasteiger partial charge is 0.335 e. The Bertz CT molecular complexity index is 1370. The highest BCUT2D eigenvalue weighted by Gasteiger charge is 2.26. The van der Waals surface area contributed by atoms with E-state index in [4.69, 9.17) is 0 Å². The molecule has 0 aromatic carbocycles. The van der Waals surface area contributed by atoms with Crippen LogP contribution in [0.15, 0.2) is 90.3 Å². The van der Waals surface area contributed by atoms with E-state index in [2.05, 4.69) is 102 Å². The molecule has 6 atom stereocenters. The van der Waals surface area contributed by atoms with Gasteiger partial charge >= 0.3 is 17.1 Å². The van der Waals surface area contributed by atoms with Gasteiger partial charge < -0.3 is 0 Å². The van der Waals surface area contributed by atoms with Crippen LogP contribution in [0.25, 0.3) is 0 Å². The van der Waals surface area contributed by atoms with Gasteiger partial charge in [0.15, 0.2) is 0 Å². The summed E-state index contributed by atoms with van der Waals surface area (Å²) in [7, 11) is 1.01. The number of aromatic nitrogens is 3. The molecule has 0 aliphatic carbocycles. The van der Waals surface area contributed by atoms with E-state index in [1.54, 1.807) is 0 Å². The van der Waals surface area contributed by atoms with Crippen molar-refractivity contribution in [2.24, 2.45) is 34.0 Å². The molecule has 0 saturated carbocycles. The molecule has 6 nitrogen and oxygen atoms in total. The fourth-order valence-corrected chi connectivity index (χ4v) is 13.1. The lowest BCUT2D eigenvalue weighted by atomic mass is 9.81. The molecule has 318 valence electrons. The van der Waals surface area contributed by atoms with Gasteiger partial charge in [0, 0.05) is 18.5 Å². The van der Waals surface area contributed by atoms with Crippen molar-refractivity contribution < 1.29 is 0 Å². The minimum Gasteiger partial charge on any atom is -0.249 e. The highest BCUT2D eigenvalue weighted by atomic mass is 28.2. The van der Waals surface area contributed by atoms with E-state index in [0.717, 1.165) is 77.0 Å². The molecule has 1 aromatic rings. The molecule has 6 unspecified atom stereocenters. The molecule has 9 heteroatoms. The Morgan fingerprint density at radius 1 is 0.421 bits per heavy atom. The summed E-state index contributed by atoms with van der Waals surface area (Å²) in [6.07, 6.45) is 24.2. The third-order valence-corrected chi connectivity index (χ3v) is 15.1. The first-order chi connectivity index (χ1) is 26.6. The molecule has 0 bridgehead atoms. The average molecular weight is 832 g/mol. The third-order valence-electron chi connectivity index (χ3n) is 10.4. The van der Waals surface area contributed by atoms with Crippen LogP contribution in [0.5, 0.6) is 0 Å². The molecule has 0 spiro atoms. The number of hydrogen-bond acceptors (Lipinski definition) is 3. The summed E-state index contributed by atoms with van der Waals surface area (Å²) in [5, 5.41) is 0. The predicted molar refractivity (Wildman–Crippen MR) is 253 cm³/mol. The van der Waals surface area contributed by atoms with Gasteiger partial charge in [-0.3, -0.25) is 0 Å². The standard InChI is InChI=1S/C48H81N3O3Si3/c1-16-22-37(31-46(7,8)9)28-40(25-19-4)55-34-49-43(52)50(35-56-41(26-20-5)29-38(23-17-2)32-47(10,11)12)45(54)51(44(49)53)36-57-42(27-21-6)30-39(24-18-3)33-48(13,14)15/h16-21,37-42H,1-6,22-36H2,7-15H3. The van der Waals surface area contributed by atoms with Gasteiger partial charge in [0.1, 0.15) is 0 Å². The lowest BCUT2D eigenvalue weighted by molar-refractivity contribution is 0.279. The van der Waals surface area contributed by atoms with Gasteiger partial charge in [-0.05, 0) is 128 Å². The maximum atomic E-state index is 14.4. The smallest absolute Gasteiger partial charge is 0.249 e. The summed E-state index contributed by atoms with van der Waals surface area (Å²) < 4.78 is 4.13. The fourth-order valence-electron chi connectivity index (χ4n) is 8.44. The van der Waals surface area contributed by atoms with Gasteiger partial charge in [-0.2, -0.15) is 0 Å². The molecule has 1 heterocycles. The van der Waals surface area contributed by atoms with Crippen LogP contribution in [0.4, 0.5) is 0 Å². The normalized spacial score (nSPS) is 15.5. The van der Waals surface area contributed by atoms with Crippen LogP contribution in [-0.2, 0) is 18.5 Å². The molecule has 0 aliphatic rings. The first-order valence-corrected chi connectivity index (χ1v) is 25.3. The van der Waals surface area contributed by atoms with Crippen LogP contribution in [0.2, 0.25) is 16.6 Å². The van der Waals surface area contributed by atoms with Crippen LogP contribution < -0.4 is 17.1 Å². The maximum Gasteiger partial charge on any atom is 0.335 e. The van der Waals surface area contributed by atoms with Crippen molar-refractivity contribution >= 4 is 28.6 Å². The Kier molecular flexibility index (Phi) is 23.8. The van der Waals surface area contributed by atoms with Crippen molar-refractivity contribution in [3.05, 3.63) is 107 Å². The Balaban J connectivity index is 3.70. The van der Waals surface area contributed by atoms with Gasteiger partial charge in [-0.15, -0.1) is 39.5 Å². The van der Waals surface area contributed by atoms with Crippen LogP contribution in [0.1, 0.15) is 139 Å². The zero-order chi connectivity index (χ0) is 43.4. The van der Waals surface area contributed by atoms with Crippen LogP contribution in [-0.4, -0.2) is 42.3 Å². The minimum absolute atomic E-state index is 0.182. The first kappa shape index (κ1) is 52.5. The molecule has 0 fully saturated rings. The monoisotopic (exact) mass is 832 g/mol. The lowest BCUT2D eigenvalue weighted by Crippen LogP contribution is -2.56. The van der Waals surface area contributed by atoms with E-state index in [1.807, 2.05) is 36.5 Å².